The molecule has 138 valence electrons. The number of halogens is 1. The van der Waals surface area contributed by atoms with Crippen molar-refractivity contribution in [2.75, 3.05) is 19.6 Å². The number of piperidine rings is 1. The highest BCUT2D eigenvalue weighted by Crippen LogP contribution is 2.34. The molecule has 0 aromatic heterocycles. The summed E-state index contributed by atoms with van der Waals surface area (Å²) in [6.45, 7) is 8.42. The first-order chi connectivity index (χ1) is 10.8. The Morgan fingerprint density at radius 2 is 1.83 bits per heavy atom. The van der Waals surface area contributed by atoms with Gasteiger partial charge in [0.2, 0.25) is 15.0 Å². The fourth-order valence-corrected chi connectivity index (χ4v) is 4.18. The van der Waals surface area contributed by atoms with Gasteiger partial charge < -0.3 is 14.5 Å². The molecule has 9 heteroatoms. The van der Waals surface area contributed by atoms with E-state index in [9.17, 15) is 18.0 Å². The van der Waals surface area contributed by atoms with Crippen molar-refractivity contribution in [3.05, 3.63) is 0 Å². The molecule has 2 saturated heterocycles. The van der Waals surface area contributed by atoms with Crippen LogP contribution in [-0.2, 0) is 18.6 Å². The first-order valence-electron chi connectivity index (χ1n) is 8.04. The predicted octanol–water partition coefficient (Wildman–Crippen LogP) is 1.95. The number of rotatable bonds is 2. The first-order valence-corrected chi connectivity index (χ1v) is 10.4. The molecular weight excluding hydrogens is 356 g/mol. The lowest BCUT2D eigenvalue weighted by molar-refractivity contribution is -0.134. The number of likely N-dealkylation sites (tertiary alicyclic amines) is 2. The molecule has 2 fully saturated rings. The van der Waals surface area contributed by atoms with Crippen molar-refractivity contribution in [1.82, 2.24) is 9.80 Å². The molecule has 2 heterocycles. The number of carbonyl (C=O) groups excluding carboxylic acids is 2. The molecule has 0 radical (unpaired) electrons. The van der Waals surface area contributed by atoms with Crippen LogP contribution in [-0.4, -0.2) is 66.2 Å². The summed E-state index contributed by atoms with van der Waals surface area (Å²) in [4.78, 5) is 27.6. The minimum atomic E-state index is -3.75. The molecule has 2 aliphatic heterocycles. The van der Waals surface area contributed by atoms with E-state index in [0.717, 1.165) is 0 Å². The van der Waals surface area contributed by atoms with Gasteiger partial charge in [0.15, 0.2) is 0 Å². The van der Waals surface area contributed by atoms with Crippen LogP contribution < -0.4 is 0 Å². The average Bonchev–Trinajstić information content (AvgIpc) is 2.80. The first kappa shape index (κ1) is 19.3. The molecule has 0 aromatic carbocycles. The molecule has 0 aromatic rings. The zero-order chi connectivity index (χ0) is 18.3. The van der Waals surface area contributed by atoms with E-state index in [0.29, 0.717) is 25.9 Å². The van der Waals surface area contributed by atoms with Crippen LogP contribution in [0.25, 0.3) is 0 Å². The minimum absolute atomic E-state index is 0.0722. The highest BCUT2D eigenvalue weighted by atomic mass is 35.7. The van der Waals surface area contributed by atoms with E-state index in [4.69, 9.17) is 15.4 Å². The minimum Gasteiger partial charge on any atom is -0.444 e. The van der Waals surface area contributed by atoms with Crippen LogP contribution >= 0.6 is 10.7 Å². The second kappa shape index (κ2) is 6.37. The third kappa shape index (κ3) is 4.33. The summed E-state index contributed by atoms with van der Waals surface area (Å²) in [5.74, 6) is -0.197. The summed E-state index contributed by atoms with van der Waals surface area (Å²) >= 11 is 0. The Hall–Kier alpha value is -1.02. The number of nitrogens with zero attached hydrogens (tertiary/aromatic N) is 2. The monoisotopic (exact) mass is 380 g/mol. The Kier molecular flexibility index (Phi) is 5.12. The van der Waals surface area contributed by atoms with Crippen LogP contribution in [0.15, 0.2) is 0 Å². The van der Waals surface area contributed by atoms with Crippen LogP contribution in [0.4, 0.5) is 4.79 Å². The molecule has 2 aliphatic rings. The van der Waals surface area contributed by atoms with Gasteiger partial charge in [0.25, 0.3) is 0 Å². The van der Waals surface area contributed by atoms with Crippen molar-refractivity contribution in [2.24, 2.45) is 0 Å². The topological polar surface area (TPSA) is 84.0 Å². The summed E-state index contributed by atoms with van der Waals surface area (Å²) in [5.41, 5.74) is -1.02. The van der Waals surface area contributed by atoms with Gasteiger partial charge in [-0.15, -0.1) is 0 Å². The van der Waals surface area contributed by atoms with Crippen molar-refractivity contribution in [1.29, 1.82) is 0 Å². The van der Waals surface area contributed by atoms with Crippen LogP contribution in [0.1, 0.15) is 47.0 Å². The third-order valence-corrected chi connectivity index (χ3v) is 6.50. The van der Waals surface area contributed by atoms with Gasteiger partial charge in [-0.1, -0.05) is 0 Å². The van der Waals surface area contributed by atoms with E-state index in [1.807, 2.05) is 27.7 Å². The largest absolute Gasteiger partial charge is 0.444 e. The van der Waals surface area contributed by atoms with Gasteiger partial charge in [-0.05, 0) is 40.5 Å². The fourth-order valence-electron chi connectivity index (χ4n) is 3.15. The average molecular weight is 381 g/mol. The number of amides is 2. The van der Waals surface area contributed by atoms with E-state index < -0.39 is 25.4 Å². The Bertz CT molecular complexity index is 620. The number of hydrogen-bond donors (Lipinski definition) is 0. The van der Waals surface area contributed by atoms with Crippen LogP contribution in [0.3, 0.4) is 0 Å². The lowest BCUT2D eigenvalue weighted by atomic mass is 9.88. The molecule has 2 rings (SSSR count). The van der Waals surface area contributed by atoms with Crippen LogP contribution in [0.5, 0.6) is 0 Å². The van der Waals surface area contributed by atoms with E-state index in [1.165, 1.54) is 0 Å². The van der Waals surface area contributed by atoms with Gasteiger partial charge >= 0.3 is 6.09 Å². The van der Waals surface area contributed by atoms with Crippen molar-refractivity contribution in [2.45, 2.75) is 63.3 Å². The number of ether oxygens (including phenoxy) is 1. The molecule has 2 amide bonds. The quantitative estimate of drug-likeness (QED) is 0.683. The fraction of sp³-hybridized carbons (Fsp3) is 0.867. The molecule has 7 nitrogen and oxygen atoms in total. The summed E-state index contributed by atoms with van der Waals surface area (Å²) in [5, 5.41) is -0.854. The van der Waals surface area contributed by atoms with Gasteiger partial charge in [-0.2, -0.15) is 0 Å². The maximum absolute atomic E-state index is 12.2. The molecule has 0 saturated carbocycles. The number of carbonyl (C=O) groups is 2. The lowest BCUT2D eigenvalue weighted by Crippen LogP contribution is -2.55. The zero-order valence-corrected chi connectivity index (χ0v) is 16.1. The Balaban J connectivity index is 2.00. The molecule has 0 spiro atoms. The molecule has 1 atom stereocenters. The van der Waals surface area contributed by atoms with Gasteiger partial charge in [-0.3, -0.25) is 4.79 Å². The molecule has 0 aliphatic carbocycles. The lowest BCUT2D eigenvalue weighted by Gasteiger charge is -2.45. The normalized spacial score (nSPS) is 25.0. The van der Waals surface area contributed by atoms with Crippen LogP contribution in [0, 0.1) is 0 Å². The summed E-state index contributed by atoms with van der Waals surface area (Å²) in [6, 6.07) is 0. The standard InChI is InChI=1S/C15H25ClN2O5S/c1-14(2,3)23-13(20)17-7-5-15(4,6-8-17)18-10-11(9-12(18)19)24(16,21)22/h11H,5-10H2,1-4H3. The molecular formula is C15H25ClN2O5S. The van der Waals surface area contributed by atoms with E-state index in [2.05, 4.69) is 0 Å². The molecule has 1 unspecified atom stereocenters. The summed E-state index contributed by atoms with van der Waals surface area (Å²) in [7, 11) is 1.65. The molecule has 24 heavy (non-hydrogen) atoms. The number of hydrogen-bond acceptors (Lipinski definition) is 5. The van der Waals surface area contributed by atoms with E-state index in [1.54, 1.807) is 9.80 Å². The maximum atomic E-state index is 12.2. The van der Waals surface area contributed by atoms with Crippen molar-refractivity contribution in [3.8, 4) is 0 Å². The smallest absolute Gasteiger partial charge is 0.410 e. The second-order valence-corrected chi connectivity index (χ2v) is 10.7. The van der Waals surface area contributed by atoms with Gasteiger partial charge in [0.1, 0.15) is 10.9 Å². The van der Waals surface area contributed by atoms with Crippen molar-refractivity contribution >= 4 is 31.7 Å². The summed E-state index contributed by atoms with van der Waals surface area (Å²) in [6.07, 6.45) is 0.718. The maximum Gasteiger partial charge on any atom is 0.410 e. The third-order valence-electron chi connectivity index (χ3n) is 4.63. The van der Waals surface area contributed by atoms with E-state index in [-0.39, 0.29) is 25.0 Å². The van der Waals surface area contributed by atoms with Gasteiger partial charge in [0, 0.05) is 42.3 Å². The predicted molar refractivity (Wildman–Crippen MR) is 90.3 cm³/mol. The SMILES string of the molecule is CC(C)(C)OC(=O)N1CCC(C)(N2CC(S(=O)(=O)Cl)CC2=O)CC1. The van der Waals surface area contributed by atoms with Gasteiger partial charge in [-0.25, -0.2) is 13.2 Å². The van der Waals surface area contributed by atoms with E-state index >= 15 is 0 Å². The Labute approximate surface area is 147 Å². The highest BCUT2D eigenvalue weighted by Gasteiger charge is 2.47. The summed E-state index contributed by atoms with van der Waals surface area (Å²) < 4.78 is 28.4. The van der Waals surface area contributed by atoms with Crippen molar-refractivity contribution in [3.63, 3.8) is 0 Å². The molecule has 0 bridgehead atoms. The van der Waals surface area contributed by atoms with Gasteiger partial charge in [0.05, 0.1) is 0 Å². The Morgan fingerprint density at radius 1 is 1.29 bits per heavy atom. The molecule has 0 N–H and O–H groups in total. The zero-order valence-electron chi connectivity index (χ0n) is 14.5. The Morgan fingerprint density at radius 3 is 2.25 bits per heavy atom. The second-order valence-electron chi connectivity index (χ2n) is 7.77. The highest BCUT2D eigenvalue weighted by molar-refractivity contribution is 8.14. The van der Waals surface area contributed by atoms with Crippen LogP contribution in [0.2, 0.25) is 0 Å². The van der Waals surface area contributed by atoms with Crippen molar-refractivity contribution < 1.29 is 22.7 Å².